The first-order chi connectivity index (χ1) is 23.0. The van der Waals surface area contributed by atoms with Crippen molar-refractivity contribution < 1.29 is 14.0 Å². The number of benzene rings is 3. The Hall–Kier alpha value is -4.65. The zero-order valence-electron chi connectivity index (χ0n) is 26.9. The van der Waals surface area contributed by atoms with Crippen LogP contribution in [0.5, 0.6) is 0 Å². The molecule has 0 atom stereocenters. The molecule has 4 aromatic rings. The van der Waals surface area contributed by atoms with Crippen molar-refractivity contribution in [2.75, 3.05) is 57.3 Å². The molecule has 3 aliphatic heterocycles. The summed E-state index contributed by atoms with van der Waals surface area (Å²) in [6.07, 6.45) is 4.28. The van der Waals surface area contributed by atoms with E-state index in [9.17, 15) is 9.59 Å². The van der Waals surface area contributed by atoms with Crippen molar-refractivity contribution in [1.29, 1.82) is 5.26 Å². The van der Waals surface area contributed by atoms with Crippen LogP contribution in [0.1, 0.15) is 63.3 Å². The summed E-state index contributed by atoms with van der Waals surface area (Å²) in [5.74, 6) is 0.0644. The zero-order valence-corrected chi connectivity index (χ0v) is 26.9. The molecule has 9 heteroatoms. The molecule has 3 aromatic carbocycles. The fourth-order valence-electron chi connectivity index (χ4n) is 7.06. The van der Waals surface area contributed by atoms with E-state index in [1.54, 1.807) is 18.2 Å². The Kier molecular flexibility index (Phi) is 9.23. The number of likely N-dealkylation sites (tertiary alicyclic amines) is 1. The van der Waals surface area contributed by atoms with Crippen molar-refractivity contribution >= 4 is 28.5 Å². The zero-order chi connectivity index (χ0) is 32.2. The number of anilines is 1. The minimum absolute atomic E-state index is 0.0153. The van der Waals surface area contributed by atoms with Gasteiger partial charge >= 0.3 is 0 Å². The number of piperazine rings is 1. The van der Waals surface area contributed by atoms with Gasteiger partial charge in [0.25, 0.3) is 11.8 Å². The van der Waals surface area contributed by atoms with Crippen LogP contribution in [-0.4, -0.2) is 84.9 Å². The van der Waals surface area contributed by atoms with Gasteiger partial charge in [-0.05, 0) is 85.3 Å². The van der Waals surface area contributed by atoms with Crippen LogP contribution in [0.4, 0.5) is 5.69 Å². The van der Waals surface area contributed by atoms with E-state index in [1.165, 1.54) is 29.7 Å². The lowest BCUT2D eigenvalue weighted by Crippen LogP contribution is -2.48. The third-order valence-corrected chi connectivity index (χ3v) is 9.87. The number of amides is 2. The molecule has 47 heavy (non-hydrogen) atoms. The highest BCUT2D eigenvalue weighted by Crippen LogP contribution is 2.24. The smallest absolute Gasteiger partial charge is 0.287 e. The van der Waals surface area contributed by atoms with E-state index < -0.39 is 0 Å². The number of furan rings is 1. The molecule has 0 radical (unpaired) electrons. The van der Waals surface area contributed by atoms with Crippen LogP contribution in [0.15, 0.2) is 77.2 Å². The van der Waals surface area contributed by atoms with Gasteiger partial charge in [0.05, 0.1) is 11.6 Å². The average molecular weight is 631 g/mol. The summed E-state index contributed by atoms with van der Waals surface area (Å²) >= 11 is 0. The number of rotatable bonds is 8. The van der Waals surface area contributed by atoms with Crippen LogP contribution in [-0.2, 0) is 13.1 Å². The Balaban J connectivity index is 0.883. The molecule has 7 rings (SSSR count). The molecular weight excluding hydrogens is 588 g/mol. The van der Waals surface area contributed by atoms with Gasteiger partial charge in [-0.25, -0.2) is 0 Å². The predicted molar refractivity (Wildman–Crippen MR) is 182 cm³/mol. The summed E-state index contributed by atoms with van der Waals surface area (Å²) in [4.78, 5) is 35.7. The largest absolute Gasteiger partial charge is 0.451 e. The Morgan fingerprint density at radius 1 is 0.766 bits per heavy atom. The third kappa shape index (κ3) is 7.35. The molecule has 0 saturated carbocycles. The number of nitriles is 1. The van der Waals surface area contributed by atoms with Crippen molar-refractivity contribution in [3.8, 4) is 6.07 Å². The third-order valence-electron chi connectivity index (χ3n) is 9.87. The monoisotopic (exact) mass is 630 g/mol. The van der Waals surface area contributed by atoms with Crippen LogP contribution in [0.25, 0.3) is 11.0 Å². The lowest BCUT2D eigenvalue weighted by Gasteiger charge is -2.35. The van der Waals surface area contributed by atoms with Crippen molar-refractivity contribution in [3.05, 3.63) is 101 Å². The van der Waals surface area contributed by atoms with Gasteiger partial charge < -0.3 is 19.5 Å². The van der Waals surface area contributed by atoms with Gasteiger partial charge in [0.2, 0.25) is 0 Å². The molecule has 0 aliphatic carbocycles. The summed E-state index contributed by atoms with van der Waals surface area (Å²) in [7, 11) is 0. The Bertz CT molecular complexity index is 1740. The first kappa shape index (κ1) is 31.0. The molecule has 3 fully saturated rings. The van der Waals surface area contributed by atoms with E-state index >= 15 is 0 Å². The standard InChI is InChI=1S/C38H42N6O3/c39-25-28-3-5-29(6-4-28)26-41-17-13-33(14-18-41)40-37(45)36-24-32-23-31(9-12-35(32)47-36)38(46)44-21-19-42(20-22-44)27-30-7-10-34(11-8-30)43-15-1-2-16-43/h3-12,23-24,33H,1-2,13-22,26-27H2,(H,40,45). The van der Waals surface area contributed by atoms with E-state index in [-0.39, 0.29) is 23.6 Å². The minimum Gasteiger partial charge on any atom is -0.451 e. The summed E-state index contributed by atoms with van der Waals surface area (Å²) < 4.78 is 5.90. The summed E-state index contributed by atoms with van der Waals surface area (Å²) in [5, 5.41) is 12.9. The van der Waals surface area contributed by atoms with Gasteiger partial charge in [-0.1, -0.05) is 24.3 Å². The second-order valence-corrected chi connectivity index (χ2v) is 13.1. The molecule has 0 bridgehead atoms. The molecule has 2 amide bonds. The van der Waals surface area contributed by atoms with Crippen LogP contribution >= 0.6 is 0 Å². The quantitative estimate of drug-likeness (QED) is 0.284. The van der Waals surface area contributed by atoms with E-state index in [1.807, 2.05) is 35.2 Å². The first-order valence-corrected chi connectivity index (χ1v) is 16.9. The number of carbonyl (C=O) groups excluding carboxylic acids is 2. The van der Waals surface area contributed by atoms with Crippen molar-refractivity contribution in [1.82, 2.24) is 20.0 Å². The first-order valence-electron chi connectivity index (χ1n) is 16.9. The van der Waals surface area contributed by atoms with E-state index in [2.05, 4.69) is 50.4 Å². The fraction of sp³-hybridized carbons (Fsp3) is 0.395. The Morgan fingerprint density at radius 3 is 2.06 bits per heavy atom. The number of hydrogen-bond donors (Lipinski definition) is 1. The molecule has 9 nitrogen and oxygen atoms in total. The van der Waals surface area contributed by atoms with Gasteiger partial charge in [-0.15, -0.1) is 0 Å². The highest BCUT2D eigenvalue weighted by molar-refractivity contribution is 6.00. The Morgan fingerprint density at radius 2 is 1.40 bits per heavy atom. The summed E-state index contributed by atoms with van der Waals surface area (Å²) in [6.45, 7) is 8.87. The summed E-state index contributed by atoms with van der Waals surface area (Å²) in [5.41, 5.74) is 5.70. The minimum atomic E-state index is -0.221. The highest BCUT2D eigenvalue weighted by atomic mass is 16.3. The number of piperidine rings is 1. The molecule has 0 unspecified atom stereocenters. The number of nitrogens with one attached hydrogen (secondary N) is 1. The van der Waals surface area contributed by atoms with Crippen molar-refractivity contribution in [3.63, 3.8) is 0 Å². The molecule has 0 spiro atoms. The molecular formula is C38H42N6O3. The van der Waals surface area contributed by atoms with Gasteiger partial charge in [0.1, 0.15) is 5.58 Å². The molecule has 1 N–H and O–H groups in total. The van der Waals surface area contributed by atoms with Crippen LogP contribution in [0.2, 0.25) is 0 Å². The molecule has 242 valence electrons. The fourth-order valence-corrected chi connectivity index (χ4v) is 7.06. The lowest BCUT2D eigenvalue weighted by molar-refractivity contribution is 0.0628. The van der Waals surface area contributed by atoms with Crippen LogP contribution < -0.4 is 10.2 Å². The maximum Gasteiger partial charge on any atom is 0.287 e. The van der Waals surface area contributed by atoms with Crippen LogP contribution in [0.3, 0.4) is 0 Å². The van der Waals surface area contributed by atoms with Crippen molar-refractivity contribution in [2.45, 2.75) is 44.8 Å². The van der Waals surface area contributed by atoms with Crippen LogP contribution in [0, 0.1) is 11.3 Å². The van der Waals surface area contributed by atoms with Gasteiger partial charge in [0, 0.05) is 88.1 Å². The SMILES string of the molecule is N#Cc1ccc(CN2CCC(NC(=O)c3cc4cc(C(=O)N5CCN(Cc6ccc(N7CCCC7)cc6)CC5)ccc4o3)CC2)cc1. The lowest BCUT2D eigenvalue weighted by atomic mass is 10.0. The highest BCUT2D eigenvalue weighted by Gasteiger charge is 2.25. The van der Waals surface area contributed by atoms with E-state index in [0.717, 1.165) is 70.6 Å². The topological polar surface area (TPSA) is 96.1 Å². The molecule has 3 aliphatic rings. The van der Waals surface area contributed by atoms with E-state index in [0.29, 0.717) is 29.8 Å². The number of nitrogens with zero attached hydrogens (tertiary/aromatic N) is 5. The predicted octanol–water partition coefficient (Wildman–Crippen LogP) is 5.26. The molecule has 1 aromatic heterocycles. The maximum atomic E-state index is 13.4. The number of carbonyl (C=O) groups is 2. The summed E-state index contributed by atoms with van der Waals surface area (Å²) in [6, 6.07) is 26.1. The van der Waals surface area contributed by atoms with Gasteiger partial charge in [-0.2, -0.15) is 5.26 Å². The molecule has 3 saturated heterocycles. The van der Waals surface area contributed by atoms with Gasteiger partial charge in [0.15, 0.2) is 5.76 Å². The second-order valence-electron chi connectivity index (χ2n) is 13.1. The number of hydrogen-bond acceptors (Lipinski definition) is 7. The van der Waals surface area contributed by atoms with E-state index in [4.69, 9.17) is 9.68 Å². The average Bonchev–Trinajstić information content (AvgIpc) is 3.81. The second kappa shape index (κ2) is 14.0. The maximum absolute atomic E-state index is 13.4. The number of fused-ring (bicyclic) bond motifs is 1. The normalized spacial score (nSPS) is 18.0. The van der Waals surface area contributed by atoms with Crippen molar-refractivity contribution in [2.24, 2.45) is 0 Å². The molecule has 4 heterocycles. The Labute approximate surface area is 276 Å². The van der Waals surface area contributed by atoms with Gasteiger partial charge in [-0.3, -0.25) is 19.4 Å².